The van der Waals surface area contributed by atoms with Crippen LogP contribution in [0.4, 0.5) is 11.6 Å². The van der Waals surface area contributed by atoms with Gasteiger partial charge in [-0.1, -0.05) is 35.3 Å². The molecular weight excluding hydrogens is 551 g/mol. The van der Waals surface area contributed by atoms with Crippen LogP contribution in [0.1, 0.15) is 72.9 Å². The number of nitrogens with one attached hydrogen (secondary N) is 1. The molecule has 3 aromatic rings. The molecule has 0 atom stereocenters. The molecule has 6 nitrogen and oxygen atoms in total. The van der Waals surface area contributed by atoms with Crippen LogP contribution in [0.2, 0.25) is 10.0 Å². The van der Waals surface area contributed by atoms with Gasteiger partial charge in [-0.25, -0.2) is 9.67 Å². The van der Waals surface area contributed by atoms with Gasteiger partial charge >= 0.3 is 5.97 Å². The number of hydrogen-bond acceptors (Lipinski definition) is 6. The molecule has 0 bridgehead atoms. The summed E-state index contributed by atoms with van der Waals surface area (Å²) in [5, 5.41) is 9.37. The molecule has 0 radical (unpaired) electrons. The first-order chi connectivity index (χ1) is 18.3. The van der Waals surface area contributed by atoms with Crippen molar-refractivity contribution in [3.63, 3.8) is 0 Å². The molecule has 1 N–H and O–H groups in total. The number of halogens is 2. The lowest BCUT2D eigenvalue weighted by Gasteiger charge is -2.39. The lowest BCUT2D eigenvalue weighted by Crippen LogP contribution is -2.42. The third-order valence-electron chi connectivity index (χ3n) is 6.79. The molecule has 1 saturated carbocycles. The van der Waals surface area contributed by atoms with E-state index in [1.807, 2.05) is 61.9 Å². The highest BCUT2D eigenvalue weighted by Gasteiger charge is 2.45. The van der Waals surface area contributed by atoms with Crippen LogP contribution in [0, 0.1) is 5.41 Å². The van der Waals surface area contributed by atoms with Crippen molar-refractivity contribution >= 4 is 52.6 Å². The Hall–Kier alpha value is -2.22. The van der Waals surface area contributed by atoms with E-state index in [-0.39, 0.29) is 11.5 Å². The van der Waals surface area contributed by atoms with Crippen LogP contribution in [0.5, 0.6) is 0 Å². The fourth-order valence-corrected chi connectivity index (χ4v) is 6.61. The number of carbonyl (C=O) groups excluding carboxylic acids is 1. The van der Waals surface area contributed by atoms with Gasteiger partial charge in [0.15, 0.2) is 0 Å². The minimum atomic E-state index is -0.638. The summed E-state index contributed by atoms with van der Waals surface area (Å²) in [5.41, 5.74) is -0.513. The number of pyridine rings is 1. The van der Waals surface area contributed by atoms with Crippen LogP contribution in [0.15, 0.2) is 53.6 Å². The van der Waals surface area contributed by atoms with Crippen molar-refractivity contribution in [2.45, 2.75) is 94.9 Å². The van der Waals surface area contributed by atoms with E-state index in [2.05, 4.69) is 31.2 Å². The third-order valence-corrected chi connectivity index (χ3v) is 9.12. The number of benzene rings is 1. The van der Waals surface area contributed by atoms with Crippen LogP contribution in [0.25, 0.3) is 0 Å². The highest BCUT2D eigenvalue weighted by molar-refractivity contribution is 8.00. The van der Waals surface area contributed by atoms with Gasteiger partial charge in [0.05, 0.1) is 27.2 Å². The van der Waals surface area contributed by atoms with E-state index in [4.69, 9.17) is 32.9 Å². The summed E-state index contributed by atoms with van der Waals surface area (Å²) in [7, 11) is 0. The van der Waals surface area contributed by atoms with Crippen LogP contribution in [0.3, 0.4) is 0 Å². The molecule has 2 aromatic heterocycles. The first-order valence-corrected chi connectivity index (χ1v) is 15.0. The number of nitrogens with zero attached hydrogens (tertiary/aromatic N) is 3. The number of carbonyl (C=O) groups is 1. The summed E-state index contributed by atoms with van der Waals surface area (Å²) in [4.78, 5) is 19.6. The fourth-order valence-electron chi connectivity index (χ4n) is 4.91. The lowest BCUT2D eigenvalue weighted by atomic mass is 9.70. The van der Waals surface area contributed by atoms with E-state index in [9.17, 15) is 4.79 Å². The Labute approximate surface area is 246 Å². The molecule has 1 aromatic carbocycles. The monoisotopic (exact) mass is 588 g/mol. The smallest absolute Gasteiger partial charge is 0.312 e. The number of hydrogen-bond donors (Lipinski definition) is 1. The van der Waals surface area contributed by atoms with Gasteiger partial charge in [-0.15, -0.1) is 11.8 Å². The summed E-state index contributed by atoms with van der Waals surface area (Å²) >= 11 is 14.4. The van der Waals surface area contributed by atoms with E-state index >= 15 is 0 Å². The molecule has 39 heavy (non-hydrogen) atoms. The number of ether oxygens (including phenoxy) is 1. The number of anilines is 2. The zero-order valence-corrected chi connectivity index (χ0v) is 25.9. The zero-order chi connectivity index (χ0) is 28.4. The molecule has 0 spiro atoms. The summed E-state index contributed by atoms with van der Waals surface area (Å²) in [6.45, 7) is 12.1. The average Bonchev–Trinajstić information content (AvgIpc) is 3.31. The molecule has 210 valence electrons. The Kier molecular flexibility index (Phi) is 8.94. The van der Waals surface area contributed by atoms with Crippen LogP contribution >= 0.6 is 35.0 Å². The van der Waals surface area contributed by atoms with Crippen LogP contribution < -0.4 is 5.32 Å². The molecule has 9 heteroatoms. The molecule has 4 rings (SSSR count). The molecule has 1 aliphatic rings. The molecule has 1 aliphatic carbocycles. The SMILES string of the molecule is CC(C)(C)OC(=O)C1(Cc2cccc(Nc3ccnn3C(C)(C)C)n2)CCC(Sc2cccc(Cl)c2Cl)CC1. The molecule has 0 aliphatic heterocycles. The summed E-state index contributed by atoms with van der Waals surface area (Å²) < 4.78 is 7.91. The maximum absolute atomic E-state index is 13.7. The Bertz CT molecular complexity index is 1300. The quantitative estimate of drug-likeness (QED) is 0.278. The summed E-state index contributed by atoms with van der Waals surface area (Å²) in [5.74, 6) is 1.44. The van der Waals surface area contributed by atoms with Gasteiger partial charge in [0.2, 0.25) is 0 Å². The van der Waals surface area contributed by atoms with Crippen molar-refractivity contribution in [3.8, 4) is 0 Å². The largest absolute Gasteiger partial charge is 0.460 e. The topological polar surface area (TPSA) is 69.0 Å². The second-order valence-electron chi connectivity index (χ2n) is 12.3. The maximum Gasteiger partial charge on any atom is 0.312 e. The summed E-state index contributed by atoms with van der Waals surface area (Å²) in [6.07, 6.45) is 5.47. The van der Waals surface area contributed by atoms with E-state index in [0.29, 0.717) is 34.6 Å². The van der Waals surface area contributed by atoms with Crippen molar-refractivity contribution < 1.29 is 9.53 Å². The van der Waals surface area contributed by atoms with Crippen molar-refractivity contribution in [3.05, 3.63) is 64.4 Å². The standard InChI is InChI=1S/C30H38Cl2N4O2S/c1-28(2,3)36-25(15-18-33-36)35-24-12-7-9-20(34-24)19-30(27(37)38-29(4,5)6)16-13-21(14-17-30)39-23-11-8-10-22(31)26(23)32/h7-12,15,18,21H,13-14,16-17,19H2,1-6H3,(H,34,35). The van der Waals surface area contributed by atoms with Gasteiger partial charge in [-0.2, -0.15) is 5.10 Å². The number of rotatable bonds is 7. The summed E-state index contributed by atoms with van der Waals surface area (Å²) in [6, 6.07) is 13.6. The van der Waals surface area contributed by atoms with Crippen molar-refractivity contribution in [2.75, 3.05) is 5.32 Å². The predicted octanol–water partition coefficient (Wildman–Crippen LogP) is 8.69. The molecule has 0 amide bonds. The van der Waals surface area contributed by atoms with Gasteiger partial charge in [0.1, 0.15) is 17.2 Å². The van der Waals surface area contributed by atoms with Crippen molar-refractivity contribution in [1.29, 1.82) is 0 Å². The van der Waals surface area contributed by atoms with Crippen molar-refractivity contribution in [1.82, 2.24) is 14.8 Å². The maximum atomic E-state index is 13.7. The second-order valence-corrected chi connectivity index (χ2v) is 14.4. The Morgan fingerprint density at radius 2 is 1.77 bits per heavy atom. The van der Waals surface area contributed by atoms with E-state index in [1.54, 1.807) is 24.0 Å². The normalized spacial score (nSPS) is 20.1. The van der Waals surface area contributed by atoms with Crippen molar-refractivity contribution in [2.24, 2.45) is 5.41 Å². The zero-order valence-electron chi connectivity index (χ0n) is 23.6. The second kappa shape index (κ2) is 11.7. The van der Waals surface area contributed by atoms with Gasteiger partial charge in [-0.3, -0.25) is 4.79 Å². The van der Waals surface area contributed by atoms with Crippen LogP contribution in [-0.4, -0.2) is 31.6 Å². The Balaban J connectivity index is 1.53. The highest BCUT2D eigenvalue weighted by atomic mass is 35.5. The Morgan fingerprint density at radius 1 is 1.08 bits per heavy atom. The average molecular weight is 590 g/mol. The molecule has 2 heterocycles. The number of esters is 1. The number of thioether (sulfide) groups is 1. The highest BCUT2D eigenvalue weighted by Crippen LogP contribution is 2.47. The van der Waals surface area contributed by atoms with Gasteiger partial charge in [0, 0.05) is 28.3 Å². The predicted molar refractivity (Wildman–Crippen MR) is 161 cm³/mol. The first-order valence-electron chi connectivity index (χ1n) is 13.4. The first kappa shape index (κ1) is 29.8. The van der Waals surface area contributed by atoms with E-state index in [0.717, 1.165) is 35.1 Å². The lowest BCUT2D eigenvalue weighted by molar-refractivity contribution is -0.170. The third kappa shape index (κ3) is 7.50. The van der Waals surface area contributed by atoms with Gasteiger partial charge in [-0.05, 0) is 91.5 Å². The molecule has 0 unspecified atom stereocenters. The van der Waals surface area contributed by atoms with E-state index in [1.165, 1.54) is 0 Å². The fraction of sp³-hybridized carbons (Fsp3) is 0.500. The molecule has 1 fully saturated rings. The van der Waals surface area contributed by atoms with Crippen LogP contribution in [-0.2, 0) is 21.5 Å². The van der Waals surface area contributed by atoms with E-state index < -0.39 is 11.0 Å². The Morgan fingerprint density at radius 3 is 2.44 bits per heavy atom. The number of aromatic nitrogens is 3. The van der Waals surface area contributed by atoms with Gasteiger partial charge < -0.3 is 10.1 Å². The molecular formula is C30H38Cl2N4O2S. The minimum absolute atomic E-state index is 0.148. The molecule has 0 saturated heterocycles. The minimum Gasteiger partial charge on any atom is -0.460 e. The van der Waals surface area contributed by atoms with Gasteiger partial charge in [0.25, 0.3) is 0 Å².